The Hall–Kier alpha value is -3.38. The molecule has 6 heteroatoms. The number of hydrogen-bond donors (Lipinski definition) is 0. The Balaban J connectivity index is 1.45. The molecule has 2 aromatic carbocycles. The van der Waals surface area contributed by atoms with Crippen LogP contribution in [-0.2, 0) is 11.3 Å². The summed E-state index contributed by atoms with van der Waals surface area (Å²) in [6.45, 7) is 0.325. The van der Waals surface area contributed by atoms with Crippen molar-refractivity contribution in [2.75, 3.05) is 7.11 Å². The van der Waals surface area contributed by atoms with E-state index in [1.54, 1.807) is 47.7 Å². The predicted molar refractivity (Wildman–Crippen MR) is 106 cm³/mol. The van der Waals surface area contributed by atoms with Crippen molar-refractivity contribution >= 4 is 29.2 Å². The molecule has 0 bridgehead atoms. The molecular formula is C22H16O5S. The van der Waals surface area contributed by atoms with Gasteiger partial charge < -0.3 is 14.2 Å². The molecule has 140 valence electrons. The normalized spacial score (nSPS) is 13.9. The van der Waals surface area contributed by atoms with Gasteiger partial charge in [0.15, 0.2) is 5.76 Å². The standard InChI is InChI=1S/C22H16O5S/c1-25-22(24)15-6-4-14(5-7-15)13-26-16-8-9-18-19(11-16)27-20(21(18)23)12-17-3-2-10-28-17/h2-12H,13H2,1H3. The summed E-state index contributed by atoms with van der Waals surface area (Å²) in [6.07, 6.45) is 1.75. The molecule has 3 aromatic rings. The Kier molecular flexibility index (Phi) is 4.95. The fourth-order valence-corrected chi connectivity index (χ4v) is 3.43. The Morgan fingerprint density at radius 1 is 1.14 bits per heavy atom. The van der Waals surface area contributed by atoms with E-state index < -0.39 is 0 Å². The van der Waals surface area contributed by atoms with Crippen LogP contribution < -0.4 is 9.47 Å². The smallest absolute Gasteiger partial charge is 0.337 e. The van der Waals surface area contributed by atoms with Crippen LogP contribution in [0, 0.1) is 0 Å². The second-order valence-corrected chi connectivity index (χ2v) is 7.07. The van der Waals surface area contributed by atoms with Gasteiger partial charge in [0.05, 0.1) is 18.2 Å². The van der Waals surface area contributed by atoms with E-state index in [0.29, 0.717) is 35.0 Å². The van der Waals surface area contributed by atoms with Crippen molar-refractivity contribution in [1.29, 1.82) is 0 Å². The number of carbonyl (C=O) groups is 2. The number of ether oxygens (including phenoxy) is 3. The molecule has 4 rings (SSSR count). The van der Waals surface area contributed by atoms with Crippen molar-refractivity contribution in [3.63, 3.8) is 0 Å². The number of Topliss-reactive ketones (excluding diaryl/α,β-unsaturated/α-hetero) is 1. The molecule has 0 N–H and O–H groups in total. The first-order chi connectivity index (χ1) is 13.6. The summed E-state index contributed by atoms with van der Waals surface area (Å²) in [5.41, 5.74) is 1.92. The van der Waals surface area contributed by atoms with Gasteiger partial charge in [0.25, 0.3) is 0 Å². The monoisotopic (exact) mass is 392 g/mol. The SMILES string of the molecule is COC(=O)c1ccc(COc2ccc3c(c2)OC(=Cc2cccs2)C3=O)cc1. The molecule has 1 aliphatic rings. The highest BCUT2D eigenvalue weighted by molar-refractivity contribution is 7.10. The van der Waals surface area contributed by atoms with E-state index in [1.165, 1.54) is 7.11 Å². The molecule has 0 radical (unpaired) electrons. The lowest BCUT2D eigenvalue weighted by atomic mass is 10.1. The molecule has 0 spiro atoms. The minimum atomic E-state index is -0.376. The molecule has 0 amide bonds. The third-order valence-corrected chi connectivity index (χ3v) is 5.06. The first-order valence-corrected chi connectivity index (χ1v) is 9.44. The molecule has 0 aliphatic carbocycles. The van der Waals surface area contributed by atoms with Crippen LogP contribution in [0.3, 0.4) is 0 Å². The minimum Gasteiger partial charge on any atom is -0.489 e. The lowest BCUT2D eigenvalue weighted by Crippen LogP contribution is -2.02. The molecule has 1 aromatic heterocycles. The van der Waals surface area contributed by atoms with Gasteiger partial charge in [-0.2, -0.15) is 0 Å². The number of benzene rings is 2. The average molecular weight is 392 g/mol. The number of rotatable bonds is 5. The van der Waals surface area contributed by atoms with Crippen molar-refractivity contribution in [1.82, 2.24) is 0 Å². The highest BCUT2D eigenvalue weighted by Gasteiger charge is 2.27. The summed E-state index contributed by atoms with van der Waals surface area (Å²) < 4.78 is 16.2. The highest BCUT2D eigenvalue weighted by Crippen LogP contribution is 2.35. The number of esters is 1. The molecule has 0 saturated carbocycles. The number of carbonyl (C=O) groups excluding carboxylic acids is 2. The number of fused-ring (bicyclic) bond motifs is 1. The predicted octanol–water partition coefficient (Wildman–Crippen LogP) is 4.73. The van der Waals surface area contributed by atoms with E-state index in [9.17, 15) is 9.59 Å². The summed E-state index contributed by atoms with van der Waals surface area (Å²) in [4.78, 5) is 24.9. The molecule has 0 atom stereocenters. The maximum atomic E-state index is 12.5. The third kappa shape index (κ3) is 3.68. The fraction of sp³-hybridized carbons (Fsp3) is 0.0909. The lowest BCUT2D eigenvalue weighted by molar-refractivity contribution is 0.0600. The largest absolute Gasteiger partial charge is 0.489 e. The van der Waals surface area contributed by atoms with E-state index in [1.807, 2.05) is 29.6 Å². The number of methoxy groups -OCH3 is 1. The van der Waals surface area contributed by atoms with Crippen molar-refractivity contribution in [3.05, 3.63) is 87.3 Å². The molecule has 0 fully saturated rings. The Bertz CT molecular complexity index is 1050. The molecule has 0 saturated heterocycles. The first kappa shape index (κ1) is 18.0. The zero-order valence-electron chi connectivity index (χ0n) is 15.0. The van der Waals surface area contributed by atoms with Gasteiger partial charge in [-0.05, 0) is 41.3 Å². The summed E-state index contributed by atoms with van der Waals surface area (Å²) in [5, 5.41) is 1.95. The Morgan fingerprint density at radius 2 is 1.96 bits per heavy atom. The van der Waals surface area contributed by atoms with Gasteiger partial charge in [0, 0.05) is 17.0 Å². The molecule has 2 heterocycles. The van der Waals surface area contributed by atoms with E-state index in [0.717, 1.165) is 10.4 Å². The molecular weight excluding hydrogens is 376 g/mol. The van der Waals surface area contributed by atoms with Crippen molar-refractivity contribution < 1.29 is 23.8 Å². The quantitative estimate of drug-likeness (QED) is 0.464. The molecule has 5 nitrogen and oxygen atoms in total. The summed E-state index contributed by atoms with van der Waals surface area (Å²) in [6, 6.07) is 16.0. The molecule has 0 unspecified atom stereocenters. The molecule has 1 aliphatic heterocycles. The zero-order valence-corrected chi connectivity index (χ0v) is 15.8. The van der Waals surface area contributed by atoms with Gasteiger partial charge in [-0.3, -0.25) is 4.79 Å². The van der Waals surface area contributed by atoms with E-state index >= 15 is 0 Å². The van der Waals surface area contributed by atoms with Crippen LogP contribution in [0.25, 0.3) is 6.08 Å². The van der Waals surface area contributed by atoms with Crippen LogP contribution in [0.15, 0.2) is 65.7 Å². The van der Waals surface area contributed by atoms with Crippen LogP contribution in [0.2, 0.25) is 0 Å². The fourth-order valence-electron chi connectivity index (χ4n) is 2.78. The summed E-state index contributed by atoms with van der Waals surface area (Å²) in [7, 11) is 1.35. The number of allylic oxidation sites excluding steroid dienone is 1. The second kappa shape index (κ2) is 7.70. The van der Waals surface area contributed by atoms with Gasteiger partial charge in [0.2, 0.25) is 5.78 Å². The van der Waals surface area contributed by atoms with Gasteiger partial charge in [-0.1, -0.05) is 18.2 Å². The van der Waals surface area contributed by atoms with Crippen molar-refractivity contribution in [3.8, 4) is 11.5 Å². The van der Waals surface area contributed by atoms with Crippen LogP contribution >= 0.6 is 11.3 Å². The maximum absolute atomic E-state index is 12.5. The number of thiophene rings is 1. The van der Waals surface area contributed by atoms with Crippen molar-refractivity contribution in [2.24, 2.45) is 0 Å². The average Bonchev–Trinajstić information content (AvgIpc) is 3.34. The van der Waals surface area contributed by atoms with Gasteiger partial charge in [-0.25, -0.2) is 4.79 Å². The highest BCUT2D eigenvalue weighted by atomic mass is 32.1. The van der Waals surface area contributed by atoms with Crippen LogP contribution in [0.4, 0.5) is 0 Å². The third-order valence-electron chi connectivity index (χ3n) is 4.24. The lowest BCUT2D eigenvalue weighted by Gasteiger charge is -2.08. The zero-order chi connectivity index (χ0) is 19.5. The summed E-state index contributed by atoms with van der Waals surface area (Å²) >= 11 is 1.54. The summed E-state index contributed by atoms with van der Waals surface area (Å²) in [5.74, 6) is 0.896. The number of hydrogen-bond acceptors (Lipinski definition) is 6. The van der Waals surface area contributed by atoms with Gasteiger partial charge in [-0.15, -0.1) is 11.3 Å². The van der Waals surface area contributed by atoms with Crippen molar-refractivity contribution in [2.45, 2.75) is 6.61 Å². The van der Waals surface area contributed by atoms with Crippen LogP contribution in [0.1, 0.15) is 31.2 Å². The van der Waals surface area contributed by atoms with E-state index in [4.69, 9.17) is 9.47 Å². The Labute approximate surface area is 165 Å². The second-order valence-electron chi connectivity index (χ2n) is 6.09. The molecule has 28 heavy (non-hydrogen) atoms. The van der Waals surface area contributed by atoms with Crippen LogP contribution in [0.5, 0.6) is 11.5 Å². The van der Waals surface area contributed by atoms with Gasteiger partial charge >= 0.3 is 5.97 Å². The van der Waals surface area contributed by atoms with Crippen LogP contribution in [-0.4, -0.2) is 18.9 Å². The van der Waals surface area contributed by atoms with E-state index in [2.05, 4.69) is 4.74 Å². The maximum Gasteiger partial charge on any atom is 0.337 e. The number of ketones is 1. The minimum absolute atomic E-state index is 0.131. The van der Waals surface area contributed by atoms with E-state index in [-0.39, 0.29) is 11.8 Å². The first-order valence-electron chi connectivity index (χ1n) is 8.56. The Morgan fingerprint density at radius 3 is 2.68 bits per heavy atom. The topological polar surface area (TPSA) is 61.8 Å². The van der Waals surface area contributed by atoms with Gasteiger partial charge in [0.1, 0.15) is 18.1 Å².